The first-order valence-corrected chi connectivity index (χ1v) is 12.3. The molecule has 1 saturated heterocycles. The number of methoxy groups -OCH3 is 1. The molecule has 4 aromatic rings. The minimum atomic E-state index is -0.847. The summed E-state index contributed by atoms with van der Waals surface area (Å²) < 4.78 is 11.4. The number of Topliss-reactive ketones (excluding diaryl/α,β-unsaturated/α-hetero) is 1. The van der Waals surface area contributed by atoms with Crippen molar-refractivity contribution in [2.75, 3.05) is 12.0 Å². The standard InChI is InChI=1S/C32H27NO5/c1-21-18-24(16-17-27(21)37-2)30(34)28-29(33(32(36)31(28)35)25-13-7-4-8-14-25)23-12-9-15-26(19-23)38-20-22-10-5-3-6-11-22/h3-19,29,34H,20H2,1-2H3/b30-28+. The van der Waals surface area contributed by atoms with E-state index in [4.69, 9.17) is 9.47 Å². The first kappa shape index (κ1) is 24.8. The van der Waals surface area contributed by atoms with Gasteiger partial charge >= 0.3 is 0 Å². The highest BCUT2D eigenvalue weighted by molar-refractivity contribution is 6.51. The molecule has 1 fully saturated rings. The molecule has 0 spiro atoms. The zero-order valence-electron chi connectivity index (χ0n) is 21.1. The highest BCUT2D eigenvalue weighted by atomic mass is 16.5. The van der Waals surface area contributed by atoms with E-state index in [1.54, 1.807) is 49.6 Å². The lowest BCUT2D eigenvalue weighted by Crippen LogP contribution is -2.29. The topological polar surface area (TPSA) is 76.1 Å². The van der Waals surface area contributed by atoms with Gasteiger partial charge in [0.05, 0.1) is 18.7 Å². The molecule has 1 heterocycles. The lowest BCUT2D eigenvalue weighted by molar-refractivity contribution is -0.132. The summed E-state index contributed by atoms with van der Waals surface area (Å²) in [4.78, 5) is 28.2. The zero-order valence-corrected chi connectivity index (χ0v) is 21.1. The van der Waals surface area contributed by atoms with Crippen LogP contribution in [-0.4, -0.2) is 23.9 Å². The summed E-state index contributed by atoms with van der Waals surface area (Å²) in [6, 6.07) is 30.4. The van der Waals surface area contributed by atoms with E-state index in [1.807, 2.05) is 67.6 Å². The van der Waals surface area contributed by atoms with Crippen molar-refractivity contribution < 1.29 is 24.2 Å². The van der Waals surface area contributed by atoms with Crippen LogP contribution in [0.1, 0.15) is 28.3 Å². The number of benzene rings is 4. The molecule has 1 aliphatic rings. The molecule has 0 aromatic heterocycles. The number of hydrogen-bond acceptors (Lipinski definition) is 5. The normalized spacial score (nSPS) is 16.5. The smallest absolute Gasteiger partial charge is 0.300 e. The van der Waals surface area contributed by atoms with E-state index in [9.17, 15) is 14.7 Å². The Kier molecular flexibility index (Phi) is 6.96. The molecule has 0 aliphatic carbocycles. The van der Waals surface area contributed by atoms with E-state index in [0.717, 1.165) is 11.1 Å². The van der Waals surface area contributed by atoms with Crippen molar-refractivity contribution in [1.29, 1.82) is 0 Å². The molecule has 1 atom stereocenters. The third-order valence-electron chi connectivity index (χ3n) is 6.57. The molecule has 1 unspecified atom stereocenters. The number of rotatable bonds is 7. The van der Waals surface area contributed by atoms with Crippen LogP contribution in [0, 0.1) is 6.92 Å². The number of carbonyl (C=O) groups excluding carboxylic acids is 2. The van der Waals surface area contributed by atoms with Gasteiger partial charge in [0.2, 0.25) is 0 Å². The van der Waals surface area contributed by atoms with Gasteiger partial charge in [-0.1, -0.05) is 60.7 Å². The molecule has 1 N–H and O–H groups in total. The largest absolute Gasteiger partial charge is 0.507 e. The van der Waals surface area contributed by atoms with Gasteiger partial charge in [-0.25, -0.2) is 0 Å². The zero-order chi connectivity index (χ0) is 26.6. The van der Waals surface area contributed by atoms with E-state index >= 15 is 0 Å². The third-order valence-corrected chi connectivity index (χ3v) is 6.57. The Labute approximate surface area is 221 Å². The number of hydrogen-bond donors (Lipinski definition) is 1. The summed E-state index contributed by atoms with van der Waals surface area (Å²) in [5.74, 6) is -0.450. The monoisotopic (exact) mass is 505 g/mol. The maximum absolute atomic E-state index is 13.4. The van der Waals surface area contributed by atoms with Crippen molar-refractivity contribution >= 4 is 23.1 Å². The molecule has 1 aliphatic heterocycles. The van der Waals surface area contributed by atoms with E-state index in [-0.39, 0.29) is 11.3 Å². The maximum Gasteiger partial charge on any atom is 0.300 e. The van der Waals surface area contributed by atoms with Crippen molar-refractivity contribution in [3.05, 3.63) is 131 Å². The number of carbonyl (C=O) groups is 2. The van der Waals surface area contributed by atoms with Crippen LogP contribution in [0.2, 0.25) is 0 Å². The Morgan fingerprint density at radius 1 is 0.868 bits per heavy atom. The fraction of sp³-hybridized carbons (Fsp3) is 0.125. The first-order valence-electron chi connectivity index (χ1n) is 12.3. The van der Waals surface area contributed by atoms with E-state index in [0.29, 0.717) is 34.9 Å². The summed E-state index contributed by atoms with van der Waals surface area (Å²) in [7, 11) is 1.57. The van der Waals surface area contributed by atoms with Crippen molar-refractivity contribution in [1.82, 2.24) is 0 Å². The highest BCUT2D eigenvalue weighted by Crippen LogP contribution is 2.43. The Balaban J connectivity index is 1.61. The van der Waals surface area contributed by atoms with E-state index in [1.165, 1.54) is 4.90 Å². The molecule has 38 heavy (non-hydrogen) atoms. The molecular formula is C32H27NO5. The number of aliphatic hydroxyl groups is 1. The minimum Gasteiger partial charge on any atom is -0.507 e. The average molecular weight is 506 g/mol. The molecule has 0 saturated carbocycles. The number of aryl methyl sites for hydroxylation is 1. The second-order valence-electron chi connectivity index (χ2n) is 9.04. The van der Waals surface area contributed by atoms with Gasteiger partial charge in [0.1, 0.15) is 23.9 Å². The molecule has 190 valence electrons. The number of amides is 1. The Bertz CT molecular complexity index is 1510. The van der Waals surface area contributed by atoms with Gasteiger partial charge in [-0.2, -0.15) is 0 Å². The first-order chi connectivity index (χ1) is 18.5. The number of para-hydroxylation sites is 1. The van der Waals surface area contributed by atoms with Crippen LogP contribution in [0.25, 0.3) is 5.76 Å². The van der Waals surface area contributed by atoms with Gasteiger partial charge in [-0.15, -0.1) is 0 Å². The van der Waals surface area contributed by atoms with Crippen molar-refractivity contribution in [2.24, 2.45) is 0 Å². The van der Waals surface area contributed by atoms with Crippen LogP contribution in [0.5, 0.6) is 11.5 Å². The summed E-state index contributed by atoms with van der Waals surface area (Å²) in [6.07, 6.45) is 0. The van der Waals surface area contributed by atoms with E-state index in [2.05, 4.69) is 0 Å². The molecule has 1 amide bonds. The van der Waals surface area contributed by atoms with Crippen LogP contribution in [0.3, 0.4) is 0 Å². The van der Waals surface area contributed by atoms with Crippen molar-refractivity contribution in [3.63, 3.8) is 0 Å². The van der Waals surface area contributed by atoms with Gasteiger partial charge in [-0.05, 0) is 66.1 Å². The van der Waals surface area contributed by atoms with Gasteiger partial charge in [0, 0.05) is 11.3 Å². The Morgan fingerprint density at radius 2 is 1.58 bits per heavy atom. The highest BCUT2D eigenvalue weighted by Gasteiger charge is 2.47. The molecule has 6 nitrogen and oxygen atoms in total. The van der Waals surface area contributed by atoms with Crippen LogP contribution in [0.15, 0.2) is 109 Å². The number of aliphatic hydroxyl groups excluding tert-OH is 1. The fourth-order valence-corrected chi connectivity index (χ4v) is 4.70. The fourth-order valence-electron chi connectivity index (χ4n) is 4.70. The van der Waals surface area contributed by atoms with Gasteiger partial charge < -0.3 is 14.6 Å². The second-order valence-corrected chi connectivity index (χ2v) is 9.04. The average Bonchev–Trinajstić information content (AvgIpc) is 3.22. The van der Waals surface area contributed by atoms with Crippen LogP contribution in [-0.2, 0) is 16.2 Å². The number of ether oxygens (including phenoxy) is 2. The molecule has 6 heteroatoms. The van der Waals surface area contributed by atoms with Crippen molar-refractivity contribution in [2.45, 2.75) is 19.6 Å². The van der Waals surface area contributed by atoms with Crippen LogP contribution >= 0.6 is 0 Å². The van der Waals surface area contributed by atoms with Crippen molar-refractivity contribution in [3.8, 4) is 11.5 Å². The molecular weight excluding hydrogens is 478 g/mol. The van der Waals surface area contributed by atoms with E-state index < -0.39 is 17.7 Å². The van der Waals surface area contributed by atoms with Crippen LogP contribution in [0.4, 0.5) is 5.69 Å². The van der Waals surface area contributed by atoms with Gasteiger partial charge in [-0.3, -0.25) is 14.5 Å². The molecule has 0 bridgehead atoms. The number of anilines is 1. The molecule has 4 aromatic carbocycles. The molecule has 5 rings (SSSR count). The Morgan fingerprint density at radius 3 is 2.26 bits per heavy atom. The summed E-state index contributed by atoms with van der Waals surface area (Å²) in [6.45, 7) is 2.22. The molecule has 0 radical (unpaired) electrons. The summed E-state index contributed by atoms with van der Waals surface area (Å²) >= 11 is 0. The Hall–Kier alpha value is -4.84. The van der Waals surface area contributed by atoms with Gasteiger partial charge in [0.15, 0.2) is 0 Å². The lowest BCUT2D eigenvalue weighted by atomic mass is 9.94. The SMILES string of the molecule is COc1ccc(/C(O)=C2\C(=O)C(=O)N(c3ccccc3)C2c2cccc(OCc3ccccc3)c2)cc1C. The number of ketones is 1. The predicted octanol–water partition coefficient (Wildman–Crippen LogP) is 6.21. The number of nitrogens with zero attached hydrogens (tertiary/aromatic N) is 1. The van der Waals surface area contributed by atoms with Crippen LogP contribution < -0.4 is 14.4 Å². The summed E-state index contributed by atoms with van der Waals surface area (Å²) in [5.41, 5.74) is 3.45. The van der Waals surface area contributed by atoms with Gasteiger partial charge in [0.25, 0.3) is 11.7 Å². The minimum absolute atomic E-state index is 0.0172. The summed E-state index contributed by atoms with van der Waals surface area (Å²) in [5, 5.41) is 11.4. The predicted molar refractivity (Wildman–Crippen MR) is 146 cm³/mol. The quantitative estimate of drug-likeness (QED) is 0.184. The lowest BCUT2D eigenvalue weighted by Gasteiger charge is -2.25. The maximum atomic E-state index is 13.4. The second kappa shape index (κ2) is 10.6. The third kappa shape index (κ3) is 4.76.